The Morgan fingerprint density at radius 2 is 2.40 bits per heavy atom. The van der Waals surface area contributed by atoms with Crippen molar-refractivity contribution < 1.29 is 0 Å². The van der Waals surface area contributed by atoms with Crippen LogP contribution in [0.2, 0.25) is 0 Å². The zero-order valence-electron chi connectivity index (χ0n) is 9.58. The van der Waals surface area contributed by atoms with Crippen LogP contribution in [-0.2, 0) is 13.1 Å². The van der Waals surface area contributed by atoms with Gasteiger partial charge in [0.1, 0.15) is 5.82 Å². The van der Waals surface area contributed by atoms with Gasteiger partial charge in [-0.2, -0.15) is 0 Å². The molecule has 1 aromatic rings. The predicted molar refractivity (Wildman–Crippen MR) is 61.6 cm³/mol. The monoisotopic (exact) mass is 207 g/mol. The van der Waals surface area contributed by atoms with E-state index in [9.17, 15) is 0 Å². The van der Waals surface area contributed by atoms with E-state index < -0.39 is 0 Å². The van der Waals surface area contributed by atoms with Crippen molar-refractivity contribution >= 4 is 0 Å². The van der Waals surface area contributed by atoms with E-state index >= 15 is 0 Å². The number of nitrogens with one attached hydrogen (secondary N) is 1. The van der Waals surface area contributed by atoms with Crippen LogP contribution in [0.3, 0.4) is 0 Å². The Balaban J connectivity index is 1.64. The van der Waals surface area contributed by atoms with E-state index in [1.165, 1.54) is 25.7 Å². The Morgan fingerprint density at radius 1 is 1.53 bits per heavy atom. The van der Waals surface area contributed by atoms with Crippen LogP contribution in [0.15, 0.2) is 12.4 Å². The topological polar surface area (TPSA) is 29.9 Å². The van der Waals surface area contributed by atoms with Gasteiger partial charge in [0, 0.05) is 18.9 Å². The molecular weight excluding hydrogens is 186 g/mol. The zero-order chi connectivity index (χ0) is 10.5. The van der Waals surface area contributed by atoms with Crippen molar-refractivity contribution in [1.82, 2.24) is 14.9 Å². The summed E-state index contributed by atoms with van der Waals surface area (Å²) in [6.07, 6.45) is 9.61. The van der Waals surface area contributed by atoms with Gasteiger partial charge in [-0.1, -0.05) is 19.3 Å². The number of aromatic nitrogens is 2. The highest BCUT2D eigenvalue weighted by Gasteiger charge is 2.16. The minimum Gasteiger partial charge on any atom is -0.334 e. The average Bonchev–Trinajstić information content (AvgIpc) is 2.62. The Hall–Kier alpha value is -0.830. The third-order valence-corrected chi connectivity index (χ3v) is 3.38. The molecule has 84 valence electrons. The first-order valence-corrected chi connectivity index (χ1v) is 6.11. The normalized spacial score (nSPS) is 16.6. The van der Waals surface area contributed by atoms with Crippen LogP contribution in [0.25, 0.3) is 0 Å². The van der Waals surface area contributed by atoms with E-state index in [0.717, 1.165) is 31.4 Å². The van der Waals surface area contributed by atoms with Gasteiger partial charge in [-0.15, -0.1) is 0 Å². The summed E-state index contributed by atoms with van der Waals surface area (Å²) in [5, 5.41) is 3.48. The van der Waals surface area contributed by atoms with Crippen molar-refractivity contribution in [3.05, 3.63) is 18.2 Å². The van der Waals surface area contributed by atoms with Gasteiger partial charge in [-0.3, -0.25) is 0 Å². The molecule has 1 fully saturated rings. The molecule has 1 aliphatic rings. The summed E-state index contributed by atoms with van der Waals surface area (Å²) in [7, 11) is 0. The van der Waals surface area contributed by atoms with Gasteiger partial charge >= 0.3 is 0 Å². The predicted octanol–water partition coefficient (Wildman–Crippen LogP) is 2.18. The number of aryl methyl sites for hydroxylation is 1. The van der Waals surface area contributed by atoms with E-state index in [1.807, 2.05) is 12.4 Å². The third-order valence-electron chi connectivity index (χ3n) is 3.38. The maximum absolute atomic E-state index is 4.34. The first-order chi connectivity index (χ1) is 7.40. The number of nitrogens with zero attached hydrogens (tertiary/aromatic N) is 2. The van der Waals surface area contributed by atoms with Crippen molar-refractivity contribution in [2.24, 2.45) is 5.92 Å². The minimum atomic E-state index is 0.910. The van der Waals surface area contributed by atoms with Crippen molar-refractivity contribution in [3.8, 4) is 0 Å². The Bertz CT molecular complexity index is 289. The molecule has 3 heteroatoms. The molecule has 3 nitrogen and oxygen atoms in total. The molecule has 0 aliphatic heterocycles. The molecule has 0 bridgehead atoms. The smallest absolute Gasteiger partial charge is 0.122 e. The van der Waals surface area contributed by atoms with Crippen LogP contribution < -0.4 is 5.32 Å². The molecule has 0 radical (unpaired) electrons. The van der Waals surface area contributed by atoms with Crippen LogP contribution in [-0.4, -0.2) is 16.1 Å². The summed E-state index contributed by atoms with van der Waals surface area (Å²) in [5.41, 5.74) is 0. The van der Waals surface area contributed by atoms with E-state index in [1.54, 1.807) is 0 Å². The van der Waals surface area contributed by atoms with Gasteiger partial charge in [-0.05, 0) is 25.8 Å². The third kappa shape index (κ3) is 2.81. The summed E-state index contributed by atoms with van der Waals surface area (Å²) < 4.78 is 2.19. The molecule has 1 aromatic heterocycles. The number of rotatable bonds is 6. The molecule has 2 rings (SSSR count). The highest BCUT2D eigenvalue weighted by molar-refractivity contribution is 4.91. The highest BCUT2D eigenvalue weighted by atomic mass is 15.1. The van der Waals surface area contributed by atoms with Crippen molar-refractivity contribution in [2.45, 2.75) is 45.7 Å². The van der Waals surface area contributed by atoms with Crippen molar-refractivity contribution in [2.75, 3.05) is 6.54 Å². The number of hydrogen-bond donors (Lipinski definition) is 1. The van der Waals surface area contributed by atoms with Crippen LogP contribution in [0.4, 0.5) is 0 Å². The van der Waals surface area contributed by atoms with Gasteiger partial charge in [0.25, 0.3) is 0 Å². The van der Waals surface area contributed by atoms with Crippen LogP contribution in [0, 0.1) is 5.92 Å². The quantitative estimate of drug-likeness (QED) is 0.725. The van der Waals surface area contributed by atoms with Gasteiger partial charge in [-0.25, -0.2) is 4.98 Å². The lowest BCUT2D eigenvalue weighted by molar-refractivity contribution is 0.291. The Labute approximate surface area is 91.9 Å². The van der Waals surface area contributed by atoms with Gasteiger partial charge in [0.2, 0.25) is 0 Å². The Morgan fingerprint density at radius 3 is 3.07 bits per heavy atom. The lowest BCUT2D eigenvalue weighted by Crippen LogP contribution is -2.22. The molecule has 15 heavy (non-hydrogen) atoms. The standard InChI is InChI=1S/C12H21N3/c1-2-15-9-8-14-12(15)10-13-7-6-11-4-3-5-11/h8-9,11,13H,2-7,10H2,1H3. The fourth-order valence-corrected chi connectivity index (χ4v) is 2.08. The van der Waals surface area contributed by atoms with Gasteiger partial charge in [0.15, 0.2) is 0 Å². The molecule has 1 heterocycles. The molecule has 0 unspecified atom stereocenters. The lowest BCUT2D eigenvalue weighted by Gasteiger charge is -2.25. The summed E-state index contributed by atoms with van der Waals surface area (Å²) in [5.74, 6) is 2.16. The second kappa shape index (κ2) is 5.31. The molecule has 1 aliphatic carbocycles. The second-order valence-electron chi connectivity index (χ2n) is 4.39. The fourth-order valence-electron chi connectivity index (χ4n) is 2.08. The molecular formula is C12H21N3. The first kappa shape index (κ1) is 10.7. The molecule has 0 spiro atoms. The molecule has 1 N–H and O–H groups in total. The van der Waals surface area contributed by atoms with Crippen LogP contribution in [0.1, 0.15) is 38.4 Å². The first-order valence-electron chi connectivity index (χ1n) is 6.11. The zero-order valence-corrected chi connectivity index (χ0v) is 9.58. The summed E-state index contributed by atoms with van der Waals surface area (Å²) in [6.45, 7) is 5.22. The van der Waals surface area contributed by atoms with Crippen LogP contribution in [0.5, 0.6) is 0 Å². The summed E-state index contributed by atoms with van der Waals surface area (Å²) in [4.78, 5) is 4.34. The van der Waals surface area contributed by atoms with E-state index in [0.29, 0.717) is 0 Å². The summed E-state index contributed by atoms with van der Waals surface area (Å²) in [6, 6.07) is 0. The second-order valence-corrected chi connectivity index (χ2v) is 4.39. The number of imidazole rings is 1. The average molecular weight is 207 g/mol. The molecule has 0 saturated heterocycles. The summed E-state index contributed by atoms with van der Waals surface area (Å²) >= 11 is 0. The van der Waals surface area contributed by atoms with E-state index in [4.69, 9.17) is 0 Å². The Kier molecular flexibility index (Phi) is 3.78. The maximum atomic E-state index is 4.34. The largest absolute Gasteiger partial charge is 0.334 e. The van der Waals surface area contributed by atoms with Crippen molar-refractivity contribution in [3.63, 3.8) is 0 Å². The van der Waals surface area contributed by atoms with Crippen molar-refractivity contribution in [1.29, 1.82) is 0 Å². The molecule has 0 atom stereocenters. The number of hydrogen-bond acceptors (Lipinski definition) is 2. The lowest BCUT2D eigenvalue weighted by atomic mass is 9.83. The van der Waals surface area contributed by atoms with Gasteiger partial charge < -0.3 is 9.88 Å². The molecule has 1 saturated carbocycles. The van der Waals surface area contributed by atoms with Gasteiger partial charge in [0.05, 0.1) is 6.54 Å². The molecule has 0 aromatic carbocycles. The minimum absolute atomic E-state index is 0.910. The van der Waals surface area contributed by atoms with E-state index in [-0.39, 0.29) is 0 Å². The van der Waals surface area contributed by atoms with E-state index in [2.05, 4.69) is 21.8 Å². The fraction of sp³-hybridized carbons (Fsp3) is 0.750. The van der Waals surface area contributed by atoms with Crippen LogP contribution >= 0.6 is 0 Å². The SMILES string of the molecule is CCn1ccnc1CNCCC1CCC1. The molecule has 0 amide bonds. The highest BCUT2D eigenvalue weighted by Crippen LogP contribution is 2.28. The maximum Gasteiger partial charge on any atom is 0.122 e.